The summed E-state index contributed by atoms with van der Waals surface area (Å²) in [5.41, 5.74) is 2.09. The van der Waals surface area contributed by atoms with Crippen LogP contribution >= 0.6 is 0 Å². The van der Waals surface area contributed by atoms with Crippen molar-refractivity contribution in [3.63, 3.8) is 0 Å². The monoisotopic (exact) mass is 442 g/mol. The van der Waals surface area contributed by atoms with E-state index < -0.39 is 18.0 Å². The topological polar surface area (TPSA) is 85.9 Å². The predicted molar refractivity (Wildman–Crippen MR) is 117 cm³/mol. The van der Waals surface area contributed by atoms with Crippen molar-refractivity contribution in [3.05, 3.63) is 70.7 Å². The van der Waals surface area contributed by atoms with Gasteiger partial charge < -0.3 is 24.8 Å². The van der Waals surface area contributed by atoms with E-state index in [9.17, 15) is 14.0 Å². The Morgan fingerprint density at radius 3 is 2.50 bits per heavy atom. The fraction of sp³-hybridized carbons (Fsp3) is 0.333. The highest BCUT2D eigenvalue weighted by molar-refractivity contribution is 5.95. The molecule has 3 rings (SSSR count). The zero-order chi connectivity index (χ0) is 23.3. The van der Waals surface area contributed by atoms with Gasteiger partial charge in [0.25, 0.3) is 0 Å². The van der Waals surface area contributed by atoms with Crippen LogP contribution in [-0.2, 0) is 16.1 Å². The molecule has 0 saturated carbocycles. The number of benzene rings is 2. The summed E-state index contributed by atoms with van der Waals surface area (Å²) in [5.74, 6) is -0.184. The summed E-state index contributed by atoms with van der Waals surface area (Å²) in [7, 11) is 1.51. The number of carbonyl (C=O) groups is 2. The molecule has 0 bridgehead atoms. The highest BCUT2D eigenvalue weighted by atomic mass is 19.1. The maximum atomic E-state index is 13.2. The standard InChI is InChI=1S/C24H27FN2O5/c1-5-31-23(28)19-20(14(2)3)26-24(29)27-21(19)17-7-6-8-18(30-4)22(17)32-13-15-9-11-16(25)12-10-15/h6-12,14,21H,5,13H2,1-4H3,(H2,26,27,29). The molecule has 0 spiro atoms. The number of methoxy groups -OCH3 is 1. The van der Waals surface area contributed by atoms with Crippen molar-refractivity contribution in [1.29, 1.82) is 0 Å². The number of amides is 2. The van der Waals surface area contributed by atoms with E-state index in [1.54, 1.807) is 37.3 Å². The lowest BCUT2D eigenvalue weighted by Crippen LogP contribution is -2.47. The van der Waals surface area contributed by atoms with Crippen molar-refractivity contribution in [3.8, 4) is 11.5 Å². The first-order valence-corrected chi connectivity index (χ1v) is 10.4. The van der Waals surface area contributed by atoms with Gasteiger partial charge in [0, 0.05) is 11.3 Å². The Bertz CT molecular complexity index is 1020. The van der Waals surface area contributed by atoms with Gasteiger partial charge in [-0.3, -0.25) is 0 Å². The van der Waals surface area contributed by atoms with Crippen LogP contribution in [0.5, 0.6) is 11.5 Å². The summed E-state index contributed by atoms with van der Waals surface area (Å²) in [6, 6.07) is 9.95. The smallest absolute Gasteiger partial charge is 0.338 e. The van der Waals surface area contributed by atoms with E-state index in [2.05, 4.69) is 10.6 Å². The molecule has 170 valence electrons. The summed E-state index contributed by atoms with van der Waals surface area (Å²) in [5, 5.41) is 5.55. The van der Waals surface area contributed by atoms with Crippen molar-refractivity contribution in [2.24, 2.45) is 5.92 Å². The molecule has 0 radical (unpaired) electrons. The van der Waals surface area contributed by atoms with E-state index in [1.165, 1.54) is 19.2 Å². The number of allylic oxidation sites excluding steroid dienone is 1. The number of para-hydroxylation sites is 1. The lowest BCUT2D eigenvalue weighted by atomic mass is 9.91. The van der Waals surface area contributed by atoms with Crippen LogP contribution in [0.4, 0.5) is 9.18 Å². The SMILES string of the molecule is CCOC(=O)C1=C(C(C)C)NC(=O)NC1c1cccc(OC)c1OCc1ccc(F)cc1. The van der Waals surface area contributed by atoms with E-state index in [-0.39, 0.29) is 24.9 Å². The highest BCUT2D eigenvalue weighted by Gasteiger charge is 2.36. The van der Waals surface area contributed by atoms with Crippen LogP contribution in [0.25, 0.3) is 0 Å². The van der Waals surface area contributed by atoms with Crippen LogP contribution in [-0.4, -0.2) is 25.7 Å². The van der Waals surface area contributed by atoms with Gasteiger partial charge in [0.05, 0.1) is 25.3 Å². The Morgan fingerprint density at radius 1 is 1.16 bits per heavy atom. The van der Waals surface area contributed by atoms with Crippen molar-refractivity contribution in [2.45, 2.75) is 33.4 Å². The lowest BCUT2D eigenvalue weighted by molar-refractivity contribution is -0.139. The average molecular weight is 442 g/mol. The van der Waals surface area contributed by atoms with Crippen molar-refractivity contribution in [1.82, 2.24) is 10.6 Å². The van der Waals surface area contributed by atoms with Crippen molar-refractivity contribution < 1.29 is 28.2 Å². The molecule has 2 amide bonds. The zero-order valence-corrected chi connectivity index (χ0v) is 18.5. The van der Waals surface area contributed by atoms with Gasteiger partial charge in [-0.05, 0) is 36.6 Å². The molecule has 0 saturated heterocycles. The molecule has 1 atom stereocenters. The van der Waals surface area contributed by atoms with Gasteiger partial charge in [-0.2, -0.15) is 0 Å². The largest absolute Gasteiger partial charge is 0.493 e. The summed E-state index contributed by atoms with van der Waals surface area (Å²) < 4.78 is 30.1. The van der Waals surface area contributed by atoms with Gasteiger partial charge in [-0.1, -0.05) is 38.1 Å². The number of urea groups is 1. The van der Waals surface area contributed by atoms with Gasteiger partial charge in [-0.25, -0.2) is 14.0 Å². The molecule has 8 heteroatoms. The Labute approximate surface area is 186 Å². The maximum absolute atomic E-state index is 13.2. The predicted octanol–water partition coefficient (Wildman–Crippen LogP) is 4.24. The lowest BCUT2D eigenvalue weighted by Gasteiger charge is -2.32. The normalized spacial score (nSPS) is 15.8. The molecule has 32 heavy (non-hydrogen) atoms. The molecule has 0 aliphatic carbocycles. The quantitative estimate of drug-likeness (QED) is 0.598. The number of nitrogens with one attached hydrogen (secondary N) is 2. The van der Waals surface area contributed by atoms with Crippen LogP contribution < -0.4 is 20.1 Å². The minimum absolute atomic E-state index is 0.128. The van der Waals surface area contributed by atoms with Gasteiger partial charge >= 0.3 is 12.0 Å². The van der Waals surface area contributed by atoms with Gasteiger partial charge in [-0.15, -0.1) is 0 Å². The van der Waals surface area contributed by atoms with Crippen molar-refractivity contribution in [2.75, 3.05) is 13.7 Å². The molecule has 2 aromatic rings. The van der Waals surface area contributed by atoms with Gasteiger partial charge in [0.1, 0.15) is 12.4 Å². The fourth-order valence-corrected chi connectivity index (χ4v) is 3.52. The van der Waals surface area contributed by atoms with Gasteiger partial charge in [0.15, 0.2) is 11.5 Å². The second-order valence-corrected chi connectivity index (χ2v) is 7.53. The number of hydrogen-bond donors (Lipinski definition) is 2. The van der Waals surface area contributed by atoms with E-state index in [4.69, 9.17) is 14.2 Å². The highest BCUT2D eigenvalue weighted by Crippen LogP contribution is 2.40. The van der Waals surface area contributed by atoms with Crippen LogP contribution in [0.15, 0.2) is 53.7 Å². The number of esters is 1. The number of halogens is 1. The summed E-state index contributed by atoms with van der Waals surface area (Å²) in [6.07, 6.45) is 0. The second kappa shape index (κ2) is 10.2. The van der Waals surface area contributed by atoms with E-state index in [0.717, 1.165) is 5.56 Å². The summed E-state index contributed by atoms with van der Waals surface area (Å²) in [6.45, 7) is 5.83. The van der Waals surface area contributed by atoms with Crippen LogP contribution in [0.3, 0.4) is 0 Å². The first-order chi connectivity index (χ1) is 15.3. The summed E-state index contributed by atoms with van der Waals surface area (Å²) in [4.78, 5) is 25.4. The molecule has 1 heterocycles. The molecule has 1 unspecified atom stereocenters. The average Bonchev–Trinajstić information content (AvgIpc) is 2.77. The molecule has 2 aromatic carbocycles. The van der Waals surface area contributed by atoms with Crippen molar-refractivity contribution >= 4 is 12.0 Å². The third-order valence-corrected chi connectivity index (χ3v) is 5.01. The molecule has 0 fully saturated rings. The number of rotatable bonds is 8. The number of carbonyl (C=O) groups excluding carboxylic acids is 2. The summed E-state index contributed by atoms with van der Waals surface area (Å²) >= 11 is 0. The molecule has 1 aliphatic rings. The minimum atomic E-state index is -0.807. The molecule has 7 nitrogen and oxygen atoms in total. The maximum Gasteiger partial charge on any atom is 0.338 e. The first kappa shape index (κ1) is 23.1. The molecule has 1 aliphatic heterocycles. The van der Waals surface area contributed by atoms with E-state index >= 15 is 0 Å². The Kier molecular flexibility index (Phi) is 7.35. The van der Waals surface area contributed by atoms with Crippen LogP contribution in [0.2, 0.25) is 0 Å². The minimum Gasteiger partial charge on any atom is -0.493 e. The number of hydrogen-bond acceptors (Lipinski definition) is 5. The Hall–Kier alpha value is -3.55. The van der Waals surface area contributed by atoms with E-state index in [1.807, 2.05) is 13.8 Å². The number of ether oxygens (including phenoxy) is 3. The second-order valence-electron chi connectivity index (χ2n) is 7.53. The molecule has 0 aromatic heterocycles. The van der Waals surface area contributed by atoms with Crippen LogP contribution in [0, 0.1) is 11.7 Å². The first-order valence-electron chi connectivity index (χ1n) is 10.4. The molecular formula is C24H27FN2O5. The Balaban J connectivity index is 2.07. The molecule has 2 N–H and O–H groups in total. The van der Waals surface area contributed by atoms with E-state index in [0.29, 0.717) is 28.3 Å². The zero-order valence-electron chi connectivity index (χ0n) is 18.5. The molecular weight excluding hydrogens is 415 g/mol. The Morgan fingerprint density at radius 2 is 1.88 bits per heavy atom. The third kappa shape index (κ3) is 5.01. The third-order valence-electron chi connectivity index (χ3n) is 5.01. The van der Waals surface area contributed by atoms with Gasteiger partial charge in [0.2, 0.25) is 0 Å². The fourth-order valence-electron chi connectivity index (χ4n) is 3.52. The van der Waals surface area contributed by atoms with Crippen LogP contribution in [0.1, 0.15) is 37.9 Å².